The van der Waals surface area contributed by atoms with Crippen LogP contribution in [-0.4, -0.2) is 62.2 Å². The molecular formula is C24H27N3O5S. The third-order valence-electron chi connectivity index (χ3n) is 5.98. The van der Waals surface area contributed by atoms with Gasteiger partial charge in [-0.3, -0.25) is 9.59 Å². The zero-order valence-electron chi connectivity index (χ0n) is 18.3. The lowest BCUT2D eigenvalue weighted by molar-refractivity contribution is -0.132. The van der Waals surface area contributed by atoms with Gasteiger partial charge in [0.15, 0.2) is 6.61 Å². The van der Waals surface area contributed by atoms with Crippen molar-refractivity contribution in [2.24, 2.45) is 5.73 Å². The Balaban J connectivity index is 1.42. The van der Waals surface area contributed by atoms with Crippen molar-refractivity contribution in [3.63, 3.8) is 0 Å². The molecule has 0 aliphatic carbocycles. The maximum absolute atomic E-state index is 12.8. The second kappa shape index (κ2) is 9.76. The molecule has 2 aromatic rings. The molecule has 4 rings (SSSR count). The fraction of sp³-hybridized carbons (Fsp3) is 0.333. The number of carbonyl (C=O) groups is 2. The van der Waals surface area contributed by atoms with E-state index in [4.69, 9.17) is 10.5 Å². The van der Waals surface area contributed by atoms with E-state index < -0.39 is 15.9 Å². The van der Waals surface area contributed by atoms with Crippen molar-refractivity contribution in [2.45, 2.75) is 24.2 Å². The standard InChI is InChI=1S/C24H27N3O5S/c25-24(29)21-16-20(33(30,31)27-12-4-5-13-27)8-9-22(21)32-17-23(28)26-14-10-19(11-15-26)18-6-2-1-3-7-18/h1-3,6-10,16H,4-5,11-15,17H2,(H2,25,29). The van der Waals surface area contributed by atoms with Crippen LogP contribution in [0.4, 0.5) is 0 Å². The zero-order valence-corrected chi connectivity index (χ0v) is 19.1. The Labute approximate surface area is 193 Å². The van der Waals surface area contributed by atoms with Gasteiger partial charge in [0.1, 0.15) is 5.75 Å². The van der Waals surface area contributed by atoms with Gasteiger partial charge in [0.05, 0.1) is 10.5 Å². The smallest absolute Gasteiger partial charge is 0.260 e. The molecule has 0 atom stereocenters. The molecule has 2 heterocycles. The molecule has 2 N–H and O–H groups in total. The molecule has 2 aliphatic rings. The zero-order chi connectivity index (χ0) is 23.4. The fourth-order valence-corrected chi connectivity index (χ4v) is 5.65. The third-order valence-corrected chi connectivity index (χ3v) is 7.87. The average molecular weight is 470 g/mol. The van der Waals surface area contributed by atoms with Gasteiger partial charge in [0, 0.05) is 26.2 Å². The van der Waals surface area contributed by atoms with Gasteiger partial charge < -0.3 is 15.4 Å². The maximum atomic E-state index is 12.8. The molecule has 0 radical (unpaired) electrons. The lowest BCUT2D eigenvalue weighted by Gasteiger charge is -2.27. The Hall–Kier alpha value is -3.17. The Morgan fingerprint density at radius 1 is 1.00 bits per heavy atom. The molecule has 8 nitrogen and oxygen atoms in total. The molecule has 0 saturated carbocycles. The molecule has 0 unspecified atom stereocenters. The summed E-state index contributed by atoms with van der Waals surface area (Å²) in [5.41, 5.74) is 7.76. The van der Waals surface area contributed by atoms with E-state index in [1.165, 1.54) is 28.1 Å². The Morgan fingerprint density at radius 2 is 1.73 bits per heavy atom. The molecule has 0 aromatic heterocycles. The summed E-state index contributed by atoms with van der Waals surface area (Å²) in [5.74, 6) is -0.944. The van der Waals surface area contributed by atoms with E-state index >= 15 is 0 Å². The normalized spacial score (nSPS) is 17.0. The summed E-state index contributed by atoms with van der Waals surface area (Å²) in [6.45, 7) is 1.68. The van der Waals surface area contributed by atoms with Crippen molar-refractivity contribution in [2.75, 3.05) is 32.8 Å². The summed E-state index contributed by atoms with van der Waals surface area (Å²) in [4.78, 5) is 26.3. The van der Waals surface area contributed by atoms with Gasteiger partial charge in [-0.05, 0) is 48.6 Å². The van der Waals surface area contributed by atoms with Crippen LogP contribution in [0, 0.1) is 0 Å². The molecule has 1 saturated heterocycles. The Morgan fingerprint density at radius 3 is 2.36 bits per heavy atom. The van der Waals surface area contributed by atoms with Crippen LogP contribution in [-0.2, 0) is 14.8 Å². The first-order chi connectivity index (χ1) is 15.9. The van der Waals surface area contributed by atoms with Crippen molar-refractivity contribution in [1.29, 1.82) is 0 Å². The Bertz CT molecular complexity index is 1170. The number of hydrogen-bond acceptors (Lipinski definition) is 5. The first kappa shape index (κ1) is 23.0. The van der Waals surface area contributed by atoms with Crippen LogP contribution >= 0.6 is 0 Å². The lowest BCUT2D eigenvalue weighted by Crippen LogP contribution is -2.38. The van der Waals surface area contributed by atoms with Gasteiger partial charge >= 0.3 is 0 Å². The van der Waals surface area contributed by atoms with Gasteiger partial charge in [-0.2, -0.15) is 4.31 Å². The van der Waals surface area contributed by atoms with Crippen LogP contribution in [0.3, 0.4) is 0 Å². The molecule has 0 bridgehead atoms. The summed E-state index contributed by atoms with van der Waals surface area (Å²) in [6.07, 6.45) is 4.39. The van der Waals surface area contributed by atoms with E-state index in [2.05, 4.69) is 0 Å². The summed E-state index contributed by atoms with van der Waals surface area (Å²) in [7, 11) is -3.70. The van der Waals surface area contributed by atoms with Gasteiger partial charge in [-0.1, -0.05) is 36.4 Å². The van der Waals surface area contributed by atoms with E-state index in [0.29, 0.717) is 26.2 Å². The highest BCUT2D eigenvalue weighted by Crippen LogP contribution is 2.27. The third kappa shape index (κ3) is 5.09. The van der Waals surface area contributed by atoms with Gasteiger partial charge in [-0.25, -0.2) is 8.42 Å². The number of rotatable bonds is 7. The summed E-state index contributed by atoms with van der Waals surface area (Å²) in [5, 5.41) is 0. The van der Waals surface area contributed by atoms with Gasteiger partial charge in [0.2, 0.25) is 10.0 Å². The van der Waals surface area contributed by atoms with E-state index in [1.807, 2.05) is 36.4 Å². The molecule has 174 valence electrons. The molecular weight excluding hydrogens is 442 g/mol. The Kier molecular flexibility index (Phi) is 6.80. The van der Waals surface area contributed by atoms with E-state index in [9.17, 15) is 18.0 Å². The summed E-state index contributed by atoms with van der Waals surface area (Å²) < 4.78 is 32.6. The largest absolute Gasteiger partial charge is 0.483 e. The van der Waals surface area contributed by atoms with Gasteiger partial charge in [-0.15, -0.1) is 0 Å². The van der Waals surface area contributed by atoms with Crippen molar-refractivity contribution in [3.05, 3.63) is 65.7 Å². The van der Waals surface area contributed by atoms with E-state index in [0.717, 1.165) is 24.8 Å². The highest BCUT2D eigenvalue weighted by atomic mass is 32.2. The van der Waals surface area contributed by atoms with Crippen LogP contribution in [0.2, 0.25) is 0 Å². The minimum Gasteiger partial charge on any atom is -0.483 e. The fourth-order valence-electron chi connectivity index (χ4n) is 4.11. The molecule has 2 amide bonds. The number of ether oxygens (including phenoxy) is 1. The number of nitrogens with two attached hydrogens (primary N) is 1. The predicted molar refractivity (Wildman–Crippen MR) is 124 cm³/mol. The number of benzene rings is 2. The summed E-state index contributed by atoms with van der Waals surface area (Å²) in [6, 6.07) is 14.0. The highest BCUT2D eigenvalue weighted by Gasteiger charge is 2.28. The average Bonchev–Trinajstić information content (AvgIpc) is 3.39. The van der Waals surface area contributed by atoms with Crippen molar-refractivity contribution in [3.8, 4) is 5.75 Å². The lowest BCUT2D eigenvalue weighted by atomic mass is 10.00. The summed E-state index contributed by atoms with van der Waals surface area (Å²) >= 11 is 0. The number of amides is 2. The monoisotopic (exact) mass is 469 g/mol. The molecule has 0 spiro atoms. The van der Waals surface area contributed by atoms with Gasteiger partial charge in [0.25, 0.3) is 11.8 Å². The van der Waals surface area contributed by atoms with Crippen LogP contribution in [0.15, 0.2) is 59.5 Å². The first-order valence-corrected chi connectivity index (χ1v) is 12.4. The molecule has 1 fully saturated rings. The predicted octanol–water partition coefficient (Wildman–Crippen LogP) is 2.26. The van der Waals surface area contributed by atoms with E-state index in [-0.39, 0.29) is 28.7 Å². The molecule has 2 aromatic carbocycles. The number of primary amides is 1. The second-order valence-electron chi connectivity index (χ2n) is 8.11. The SMILES string of the molecule is NC(=O)c1cc(S(=O)(=O)N2CCCC2)ccc1OCC(=O)N1CC=C(c2ccccc2)CC1. The second-order valence-corrected chi connectivity index (χ2v) is 10.0. The number of nitrogens with zero attached hydrogens (tertiary/aromatic N) is 2. The highest BCUT2D eigenvalue weighted by molar-refractivity contribution is 7.89. The quantitative estimate of drug-likeness (QED) is 0.669. The minimum absolute atomic E-state index is 0.00788. The van der Waals surface area contributed by atoms with Crippen molar-refractivity contribution in [1.82, 2.24) is 9.21 Å². The van der Waals surface area contributed by atoms with Crippen molar-refractivity contribution >= 4 is 27.4 Å². The van der Waals surface area contributed by atoms with Crippen molar-refractivity contribution < 1.29 is 22.7 Å². The van der Waals surface area contributed by atoms with Crippen LogP contribution < -0.4 is 10.5 Å². The van der Waals surface area contributed by atoms with E-state index in [1.54, 1.807) is 4.90 Å². The molecule has 2 aliphatic heterocycles. The molecule has 9 heteroatoms. The minimum atomic E-state index is -3.70. The topological polar surface area (TPSA) is 110 Å². The van der Waals surface area contributed by atoms with Crippen LogP contribution in [0.1, 0.15) is 35.2 Å². The molecule has 33 heavy (non-hydrogen) atoms. The maximum Gasteiger partial charge on any atom is 0.260 e. The van der Waals surface area contributed by atoms with Crippen LogP contribution in [0.25, 0.3) is 5.57 Å². The number of carbonyl (C=O) groups excluding carboxylic acids is 2. The van der Waals surface area contributed by atoms with Crippen LogP contribution in [0.5, 0.6) is 5.75 Å². The first-order valence-electron chi connectivity index (χ1n) is 11.0. The number of hydrogen-bond donors (Lipinski definition) is 1. The number of sulfonamides is 1.